The molecule has 0 atom stereocenters. The van der Waals surface area contributed by atoms with E-state index in [-0.39, 0.29) is 5.43 Å². The summed E-state index contributed by atoms with van der Waals surface area (Å²) in [7, 11) is 0. The van der Waals surface area contributed by atoms with Gasteiger partial charge in [0, 0.05) is 36.1 Å². The highest BCUT2D eigenvalue weighted by Gasteiger charge is 2.10. The van der Waals surface area contributed by atoms with Crippen molar-refractivity contribution in [3.63, 3.8) is 0 Å². The van der Waals surface area contributed by atoms with Gasteiger partial charge in [0.15, 0.2) is 5.43 Å². The SMILES string of the molecule is CCCN(CCc1ccccc1)Cc1[nH]cc(C)c(=O)c1C. The maximum absolute atomic E-state index is 12.1. The molecule has 2 aromatic rings. The highest BCUT2D eigenvalue weighted by Crippen LogP contribution is 2.08. The highest BCUT2D eigenvalue weighted by molar-refractivity contribution is 5.23. The molecule has 22 heavy (non-hydrogen) atoms. The first kappa shape index (κ1) is 16.5. The number of hydrogen-bond acceptors (Lipinski definition) is 2. The van der Waals surface area contributed by atoms with E-state index in [4.69, 9.17) is 0 Å². The molecule has 3 heteroatoms. The molecule has 3 nitrogen and oxygen atoms in total. The molecule has 0 amide bonds. The van der Waals surface area contributed by atoms with Crippen LogP contribution in [0, 0.1) is 13.8 Å². The average molecular weight is 298 g/mol. The topological polar surface area (TPSA) is 36.1 Å². The molecule has 0 saturated carbocycles. The van der Waals surface area contributed by atoms with Crippen molar-refractivity contribution in [2.24, 2.45) is 0 Å². The molecule has 0 unspecified atom stereocenters. The van der Waals surface area contributed by atoms with E-state index in [0.29, 0.717) is 0 Å². The minimum atomic E-state index is 0.160. The second kappa shape index (κ2) is 7.95. The van der Waals surface area contributed by atoms with Gasteiger partial charge in [0.1, 0.15) is 0 Å². The zero-order valence-corrected chi connectivity index (χ0v) is 13.9. The monoisotopic (exact) mass is 298 g/mol. The molecule has 0 aliphatic heterocycles. The van der Waals surface area contributed by atoms with Gasteiger partial charge >= 0.3 is 0 Å². The Morgan fingerprint density at radius 1 is 1.09 bits per heavy atom. The first-order valence-electron chi connectivity index (χ1n) is 8.06. The van der Waals surface area contributed by atoms with Crippen LogP contribution in [-0.2, 0) is 13.0 Å². The second-order valence-corrected chi connectivity index (χ2v) is 5.92. The van der Waals surface area contributed by atoms with Gasteiger partial charge in [-0.05, 0) is 38.8 Å². The normalized spacial score (nSPS) is 11.1. The molecule has 0 spiro atoms. The van der Waals surface area contributed by atoms with E-state index < -0.39 is 0 Å². The molecule has 0 fully saturated rings. The van der Waals surface area contributed by atoms with Crippen LogP contribution in [0.15, 0.2) is 41.3 Å². The second-order valence-electron chi connectivity index (χ2n) is 5.92. The Hall–Kier alpha value is -1.87. The lowest BCUT2D eigenvalue weighted by Crippen LogP contribution is -2.28. The van der Waals surface area contributed by atoms with Crippen molar-refractivity contribution in [1.29, 1.82) is 0 Å². The summed E-state index contributed by atoms with van der Waals surface area (Å²) in [6.07, 6.45) is 3.98. The van der Waals surface area contributed by atoms with Gasteiger partial charge in [-0.3, -0.25) is 9.69 Å². The smallest absolute Gasteiger partial charge is 0.187 e. The third kappa shape index (κ3) is 4.31. The van der Waals surface area contributed by atoms with Crippen LogP contribution in [0.1, 0.15) is 35.7 Å². The Bertz CT molecular complexity index is 646. The average Bonchev–Trinajstić information content (AvgIpc) is 2.54. The lowest BCUT2D eigenvalue weighted by molar-refractivity contribution is 0.265. The van der Waals surface area contributed by atoms with E-state index in [1.54, 1.807) is 0 Å². The van der Waals surface area contributed by atoms with Crippen LogP contribution >= 0.6 is 0 Å². The number of pyridine rings is 1. The molecular weight excluding hydrogens is 272 g/mol. The van der Waals surface area contributed by atoms with Gasteiger partial charge in [-0.25, -0.2) is 0 Å². The Labute approximate surface area is 133 Å². The maximum atomic E-state index is 12.1. The fourth-order valence-electron chi connectivity index (χ4n) is 2.71. The quantitative estimate of drug-likeness (QED) is 0.850. The van der Waals surface area contributed by atoms with Crippen LogP contribution in [0.2, 0.25) is 0 Å². The number of rotatable bonds is 7. The summed E-state index contributed by atoms with van der Waals surface area (Å²) in [4.78, 5) is 17.8. The fraction of sp³-hybridized carbons (Fsp3) is 0.421. The molecule has 118 valence electrons. The fourth-order valence-corrected chi connectivity index (χ4v) is 2.71. The van der Waals surface area contributed by atoms with Crippen molar-refractivity contribution < 1.29 is 0 Å². The van der Waals surface area contributed by atoms with Gasteiger partial charge in [-0.15, -0.1) is 0 Å². The molecule has 0 radical (unpaired) electrons. The molecule has 0 saturated heterocycles. The zero-order chi connectivity index (χ0) is 15.9. The third-order valence-corrected chi connectivity index (χ3v) is 4.10. The number of nitrogens with one attached hydrogen (secondary N) is 1. The van der Waals surface area contributed by atoms with Crippen LogP contribution in [0.5, 0.6) is 0 Å². The van der Waals surface area contributed by atoms with Crippen molar-refractivity contribution in [3.05, 3.63) is 69.1 Å². The predicted octanol–water partition coefficient (Wildman–Crippen LogP) is 3.45. The number of H-pyrrole nitrogens is 1. The standard InChI is InChI=1S/C19H26N2O/c1-4-11-21(12-10-17-8-6-5-7-9-17)14-18-16(3)19(22)15(2)13-20-18/h5-9,13H,4,10-12,14H2,1-3H3,(H,20,22). The van der Waals surface area contributed by atoms with Crippen molar-refractivity contribution in [2.45, 2.75) is 40.2 Å². The summed E-state index contributed by atoms with van der Waals surface area (Å²) in [5.41, 5.74) is 4.19. The van der Waals surface area contributed by atoms with Crippen LogP contribution < -0.4 is 5.43 Å². The van der Waals surface area contributed by atoms with E-state index in [1.165, 1.54) is 5.56 Å². The van der Waals surface area contributed by atoms with Gasteiger partial charge in [-0.2, -0.15) is 0 Å². The van der Waals surface area contributed by atoms with Crippen LogP contribution in [-0.4, -0.2) is 23.0 Å². The first-order chi connectivity index (χ1) is 10.6. The molecule has 0 bridgehead atoms. The van der Waals surface area contributed by atoms with E-state index in [2.05, 4.69) is 41.1 Å². The van der Waals surface area contributed by atoms with Gasteiger partial charge in [0.2, 0.25) is 0 Å². The molecule has 2 rings (SSSR count). The summed E-state index contributed by atoms with van der Waals surface area (Å²) in [6, 6.07) is 10.6. The lowest BCUT2D eigenvalue weighted by Gasteiger charge is -2.22. The largest absolute Gasteiger partial charge is 0.363 e. The third-order valence-electron chi connectivity index (χ3n) is 4.10. The number of aromatic nitrogens is 1. The van der Waals surface area contributed by atoms with E-state index in [9.17, 15) is 4.79 Å². The number of aryl methyl sites for hydroxylation is 1. The lowest BCUT2D eigenvalue weighted by atomic mass is 10.1. The number of benzene rings is 1. The van der Waals surface area contributed by atoms with Gasteiger partial charge < -0.3 is 4.98 Å². The Kier molecular flexibility index (Phi) is 5.96. The number of aromatic amines is 1. The maximum Gasteiger partial charge on any atom is 0.187 e. The van der Waals surface area contributed by atoms with Crippen molar-refractivity contribution >= 4 is 0 Å². The van der Waals surface area contributed by atoms with Crippen LogP contribution in [0.4, 0.5) is 0 Å². The summed E-state index contributed by atoms with van der Waals surface area (Å²) >= 11 is 0. The molecule has 0 aliphatic carbocycles. The Morgan fingerprint density at radius 2 is 1.82 bits per heavy atom. The van der Waals surface area contributed by atoms with E-state index in [1.807, 2.05) is 26.1 Å². The van der Waals surface area contributed by atoms with Crippen LogP contribution in [0.3, 0.4) is 0 Å². The highest BCUT2D eigenvalue weighted by atomic mass is 16.1. The van der Waals surface area contributed by atoms with E-state index >= 15 is 0 Å². The van der Waals surface area contributed by atoms with Gasteiger partial charge in [0.25, 0.3) is 0 Å². The number of nitrogens with zero attached hydrogens (tertiary/aromatic N) is 1. The molecule has 0 aliphatic rings. The molecule has 1 aromatic carbocycles. The minimum absolute atomic E-state index is 0.160. The summed E-state index contributed by atoms with van der Waals surface area (Å²) in [6.45, 7) is 8.83. The van der Waals surface area contributed by atoms with Crippen molar-refractivity contribution in [2.75, 3.05) is 13.1 Å². The molecule has 1 aromatic heterocycles. The molecule has 1 N–H and O–H groups in total. The minimum Gasteiger partial charge on any atom is -0.363 e. The summed E-state index contributed by atoms with van der Waals surface area (Å²) in [5.74, 6) is 0. The predicted molar refractivity (Wildman–Crippen MR) is 92.3 cm³/mol. The first-order valence-corrected chi connectivity index (χ1v) is 8.06. The van der Waals surface area contributed by atoms with Crippen molar-refractivity contribution in [3.8, 4) is 0 Å². The zero-order valence-electron chi connectivity index (χ0n) is 13.9. The van der Waals surface area contributed by atoms with Crippen LogP contribution in [0.25, 0.3) is 0 Å². The Balaban J connectivity index is 2.05. The summed E-state index contributed by atoms with van der Waals surface area (Å²) in [5, 5.41) is 0. The van der Waals surface area contributed by atoms with Gasteiger partial charge in [-0.1, -0.05) is 37.3 Å². The van der Waals surface area contributed by atoms with Crippen molar-refractivity contribution in [1.82, 2.24) is 9.88 Å². The van der Waals surface area contributed by atoms with E-state index in [0.717, 1.165) is 49.3 Å². The molecule has 1 heterocycles. The Morgan fingerprint density at radius 3 is 2.50 bits per heavy atom. The number of hydrogen-bond donors (Lipinski definition) is 1. The molecular formula is C19H26N2O. The van der Waals surface area contributed by atoms with Gasteiger partial charge in [0.05, 0.1) is 0 Å². The summed E-state index contributed by atoms with van der Waals surface area (Å²) < 4.78 is 0.